The van der Waals surface area contributed by atoms with Crippen molar-refractivity contribution in [3.63, 3.8) is 0 Å². The second-order valence-corrected chi connectivity index (χ2v) is 15.2. The molecule has 0 aliphatic rings. The number of hydrogen-bond acceptors (Lipinski definition) is 6. The topological polar surface area (TPSA) is 93.1 Å². The third kappa shape index (κ3) is 43.2. The fourth-order valence-corrected chi connectivity index (χ4v) is 6.65. The number of unbranched alkanes of at least 4 members (excludes halogenated alkanes) is 29. The molecule has 51 heavy (non-hydrogen) atoms. The van der Waals surface area contributed by atoms with E-state index in [1.54, 1.807) is 0 Å². The highest BCUT2D eigenvalue weighted by Gasteiger charge is 2.24. The van der Waals surface area contributed by atoms with E-state index in [2.05, 4.69) is 20.8 Å². The summed E-state index contributed by atoms with van der Waals surface area (Å²) in [5, 5.41) is 15.2. The van der Waals surface area contributed by atoms with Crippen molar-refractivity contribution in [1.29, 1.82) is 0 Å². The van der Waals surface area contributed by atoms with Gasteiger partial charge >= 0.3 is 11.9 Å². The first-order valence-electron chi connectivity index (χ1n) is 22.6. The zero-order valence-corrected chi connectivity index (χ0v) is 34.8. The Balaban J connectivity index is 0. The van der Waals surface area contributed by atoms with Gasteiger partial charge < -0.3 is 19.7 Å². The van der Waals surface area contributed by atoms with Crippen LogP contribution >= 0.6 is 0 Å². The molecule has 6 heteroatoms. The first-order chi connectivity index (χ1) is 25.0. The molecule has 0 fully saturated rings. The number of aliphatic hydroxyl groups is 2. The predicted octanol–water partition coefficient (Wildman–Crippen LogP) is 13.5. The van der Waals surface area contributed by atoms with Crippen LogP contribution in [-0.2, 0) is 19.1 Å². The van der Waals surface area contributed by atoms with Crippen LogP contribution < -0.4 is 0 Å². The predicted molar refractivity (Wildman–Crippen MR) is 218 cm³/mol. The number of aliphatic hydroxyl groups excluding tert-OH is 2. The number of carbonyl (C=O) groups is 2. The normalized spacial score (nSPS) is 12.3. The number of rotatable bonds is 39. The standard InChI is InChI=1S/C43H84O4.C2H6O2/c1-5-8-11-13-15-17-19-21-23-25-27-29-31-33-35-38-42(44)46-40(4)41(37-10-7-3)47-43(45)39-36-34-32-30-28-26-24-22-20-18-16-14-12-9-6-2;3-1-2-4/h40-41H,5-39H2,1-4H3;3-4H,1-2H2. The second-order valence-electron chi connectivity index (χ2n) is 15.2. The SMILES string of the molecule is CCCCCCCCCCCCCCCCCC(=O)OC(C)C(CCCC)OC(=O)CCCCCCCCCCCCCCCCC.OCCO. The van der Waals surface area contributed by atoms with Crippen LogP contribution in [0.5, 0.6) is 0 Å². The van der Waals surface area contributed by atoms with Gasteiger partial charge in [-0.25, -0.2) is 0 Å². The molecule has 2 unspecified atom stereocenters. The largest absolute Gasteiger partial charge is 0.459 e. The highest BCUT2D eigenvalue weighted by molar-refractivity contribution is 5.70. The highest BCUT2D eigenvalue weighted by Crippen LogP contribution is 2.18. The molecule has 6 nitrogen and oxygen atoms in total. The Labute approximate surface area is 318 Å². The zero-order valence-electron chi connectivity index (χ0n) is 34.8. The van der Waals surface area contributed by atoms with Gasteiger partial charge in [0.2, 0.25) is 0 Å². The summed E-state index contributed by atoms with van der Waals surface area (Å²) in [5.74, 6) is -0.279. The quantitative estimate of drug-likeness (QED) is 0.0484. The molecule has 2 N–H and O–H groups in total. The summed E-state index contributed by atoms with van der Waals surface area (Å²) in [6, 6.07) is 0. The summed E-state index contributed by atoms with van der Waals surface area (Å²) in [7, 11) is 0. The van der Waals surface area contributed by atoms with E-state index in [9.17, 15) is 9.59 Å². The molecule has 0 aromatic carbocycles. The Morgan fingerprint density at radius 1 is 0.392 bits per heavy atom. The number of carbonyl (C=O) groups excluding carboxylic acids is 2. The molecule has 0 rings (SSSR count). The average Bonchev–Trinajstić information content (AvgIpc) is 3.13. The van der Waals surface area contributed by atoms with Crippen LogP contribution in [-0.4, -0.2) is 47.6 Å². The van der Waals surface area contributed by atoms with Crippen LogP contribution in [0.1, 0.15) is 252 Å². The van der Waals surface area contributed by atoms with Crippen molar-refractivity contribution in [1.82, 2.24) is 0 Å². The summed E-state index contributed by atoms with van der Waals surface area (Å²) < 4.78 is 11.6. The molecule has 0 aromatic rings. The molecule has 0 saturated carbocycles. The van der Waals surface area contributed by atoms with E-state index >= 15 is 0 Å². The molecule has 0 aliphatic heterocycles. The minimum absolute atomic E-state index is 0.125. The molecule has 306 valence electrons. The Morgan fingerprint density at radius 3 is 0.922 bits per heavy atom. The van der Waals surface area contributed by atoms with Crippen molar-refractivity contribution in [3.8, 4) is 0 Å². The molecule has 0 spiro atoms. The van der Waals surface area contributed by atoms with Crippen LogP contribution in [0.15, 0.2) is 0 Å². The highest BCUT2D eigenvalue weighted by atomic mass is 16.6. The van der Waals surface area contributed by atoms with E-state index in [-0.39, 0.29) is 37.4 Å². The number of ether oxygens (including phenoxy) is 2. The maximum Gasteiger partial charge on any atom is 0.306 e. The smallest absolute Gasteiger partial charge is 0.306 e. The van der Waals surface area contributed by atoms with Gasteiger partial charge in [-0.3, -0.25) is 9.59 Å². The van der Waals surface area contributed by atoms with Crippen LogP contribution in [0.4, 0.5) is 0 Å². The third-order valence-electron chi connectivity index (χ3n) is 10.0. The van der Waals surface area contributed by atoms with Crippen LogP contribution in [0.2, 0.25) is 0 Å². The van der Waals surface area contributed by atoms with E-state index in [4.69, 9.17) is 19.7 Å². The fourth-order valence-electron chi connectivity index (χ4n) is 6.65. The van der Waals surface area contributed by atoms with E-state index in [0.29, 0.717) is 12.8 Å². The van der Waals surface area contributed by atoms with Crippen LogP contribution in [0.25, 0.3) is 0 Å². The fraction of sp³-hybridized carbons (Fsp3) is 0.956. The first kappa shape index (κ1) is 52.0. The van der Waals surface area contributed by atoms with Crippen molar-refractivity contribution in [3.05, 3.63) is 0 Å². The third-order valence-corrected chi connectivity index (χ3v) is 10.0. The van der Waals surface area contributed by atoms with Crippen molar-refractivity contribution in [2.24, 2.45) is 0 Å². The summed E-state index contributed by atoms with van der Waals surface area (Å²) >= 11 is 0. The van der Waals surface area contributed by atoms with Gasteiger partial charge in [0.25, 0.3) is 0 Å². The summed E-state index contributed by atoms with van der Waals surface area (Å²) in [4.78, 5) is 25.1. The molecule has 0 radical (unpaired) electrons. The van der Waals surface area contributed by atoms with Crippen LogP contribution in [0, 0.1) is 0 Å². The molecule has 0 heterocycles. The maximum atomic E-state index is 12.6. The first-order valence-corrected chi connectivity index (χ1v) is 22.6. The van der Waals surface area contributed by atoms with Crippen molar-refractivity contribution in [2.75, 3.05) is 13.2 Å². The maximum absolute atomic E-state index is 12.6. The Kier molecular flexibility index (Phi) is 45.9. The second kappa shape index (κ2) is 45.0. The lowest BCUT2D eigenvalue weighted by Gasteiger charge is -2.24. The summed E-state index contributed by atoms with van der Waals surface area (Å²) in [6.07, 6.45) is 42.5. The number of esters is 2. The monoisotopic (exact) mass is 727 g/mol. The van der Waals surface area contributed by atoms with Gasteiger partial charge in [-0.15, -0.1) is 0 Å². The molecule has 2 atom stereocenters. The lowest BCUT2D eigenvalue weighted by Crippen LogP contribution is -2.33. The van der Waals surface area contributed by atoms with Gasteiger partial charge in [0.15, 0.2) is 0 Å². The minimum Gasteiger partial charge on any atom is -0.459 e. The van der Waals surface area contributed by atoms with E-state index < -0.39 is 0 Å². The number of hydrogen-bond donors (Lipinski definition) is 2. The van der Waals surface area contributed by atoms with E-state index in [1.807, 2.05) is 6.92 Å². The average molecular weight is 727 g/mol. The molecule has 0 saturated heterocycles. The van der Waals surface area contributed by atoms with Crippen molar-refractivity contribution < 1.29 is 29.3 Å². The Hall–Kier alpha value is -1.14. The molecular formula is C45H90O6. The van der Waals surface area contributed by atoms with Crippen LogP contribution in [0.3, 0.4) is 0 Å². The van der Waals surface area contributed by atoms with Gasteiger partial charge in [-0.2, -0.15) is 0 Å². The lowest BCUT2D eigenvalue weighted by atomic mass is 10.0. The Bertz CT molecular complexity index is 682. The van der Waals surface area contributed by atoms with Gasteiger partial charge in [0.1, 0.15) is 12.2 Å². The van der Waals surface area contributed by atoms with Gasteiger partial charge in [0.05, 0.1) is 13.2 Å². The molecule has 0 aliphatic carbocycles. The molecule has 0 bridgehead atoms. The van der Waals surface area contributed by atoms with Crippen molar-refractivity contribution in [2.45, 2.75) is 265 Å². The molecule has 0 aromatic heterocycles. The van der Waals surface area contributed by atoms with Gasteiger partial charge in [-0.1, -0.05) is 207 Å². The summed E-state index contributed by atoms with van der Waals surface area (Å²) in [5.41, 5.74) is 0. The molecule has 0 amide bonds. The van der Waals surface area contributed by atoms with Gasteiger partial charge in [-0.05, 0) is 32.6 Å². The minimum atomic E-state index is -0.379. The lowest BCUT2D eigenvalue weighted by molar-refractivity contribution is -0.167. The molecular weight excluding hydrogens is 636 g/mol. The summed E-state index contributed by atoms with van der Waals surface area (Å²) in [6.45, 7) is 8.35. The van der Waals surface area contributed by atoms with E-state index in [1.165, 1.54) is 167 Å². The van der Waals surface area contributed by atoms with Gasteiger partial charge in [0, 0.05) is 12.8 Å². The Morgan fingerprint density at radius 2 is 0.647 bits per heavy atom. The zero-order chi connectivity index (χ0) is 37.9. The van der Waals surface area contributed by atoms with E-state index in [0.717, 1.165) is 44.9 Å². The van der Waals surface area contributed by atoms with Crippen molar-refractivity contribution >= 4 is 11.9 Å².